The van der Waals surface area contributed by atoms with Crippen LogP contribution in [0.4, 0.5) is 0 Å². The number of pyridine rings is 1. The summed E-state index contributed by atoms with van der Waals surface area (Å²) in [6.45, 7) is 1.66. The van der Waals surface area contributed by atoms with E-state index in [0.717, 1.165) is 23.9 Å². The number of carboxylic acid groups (broad SMARTS) is 1. The molecule has 3 rings (SSSR count). The largest absolute Gasteiger partial charge is 0.497 e. The summed E-state index contributed by atoms with van der Waals surface area (Å²) >= 11 is 0. The highest BCUT2D eigenvalue weighted by molar-refractivity contribution is 6.07. The molecule has 146 valence electrons. The highest BCUT2D eigenvalue weighted by Crippen LogP contribution is 2.30. The Bertz CT molecular complexity index is 918. The Hall–Kier alpha value is -2.91. The van der Waals surface area contributed by atoms with Gasteiger partial charge in [0.25, 0.3) is 0 Å². The van der Waals surface area contributed by atoms with Crippen molar-refractivity contribution in [3.05, 3.63) is 36.0 Å². The molecule has 6 heteroatoms. The van der Waals surface area contributed by atoms with E-state index in [2.05, 4.69) is 10.9 Å². The minimum absolute atomic E-state index is 0.00385. The Labute approximate surface area is 164 Å². The molecule has 1 saturated heterocycles. The van der Waals surface area contributed by atoms with Gasteiger partial charge in [-0.3, -0.25) is 19.5 Å². The fourth-order valence-electron chi connectivity index (χ4n) is 3.91. The SMILES string of the molecule is C#CCN1CC[C@@H](CCC(=O)c2ccnc3ccc(OC)cc23)[C@@H](C(=O)O)C1. The molecular weight excluding hydrogens is 356 g/mol. The van der Waals surface area contributed by atoms with E-state index in [4.69, 9.17) is 11.2 Å². The Morgan fingerprint density at radius 1 is 1.39 bits per heavy atom. The predicted octanol–water partition coefficient (Wildman–Crippen LogP) is 2.86. The molecule has 0 bridgehead atoms. The maximum Gasteiger partial charge on any atom is 0.308 e. The van der Waals surface area contributed by atoms with E-state index in [1.807, 2.05) is 23.1 Å². The number of Topliss-reactive ketones (excluding diaryl/α,β-unsaturated/α-hetero) is 1. The second kappa shape index (κ2) is 8.85. The van der Waals surface area contributed by atoms with E-state index in [9.17, 15) is 14.7 Å². The number of methoxy groups -OCH3 is 1. The van der Waals surface area contributed by atoms with E-state index in [1.54, 1.807) is 19.4 Å². The van der Waals surface area contributed by atoms with Crippen LogP contribution in [-0.4, -0.2) is 53.5 Å². The van der Waals surface area contributed by atoms with Crippen LogP contribution < -0.4 is 4.74 Å². The molecule has 1 aromatic heterocycles. The van der Waals surface area contributed by atoms with Crippen LogP contribution >= 0.6 is 0 Å². The number of hydrogen-bond acceptors (Lipinski definition) is 5. The van der Waals surface area contributed by atoms with E-state index in [-0.39, 0.29) is 11.7 Å². The van der Waals surface area contributed by atoms with Gasteiger partial charge in [-0.25, -0.2) is 0 Å². The third-order valence-corrected chi connectivity index (χ3v) is 5.46. The first-order chi connectivity index (χ1) is 13.5. The maximum atomic E-state index is 12.9. The number of piperidine rings is 1. The van der Waals surface area contributed by atoms with Gasteiger partial charge in [0.2, 0.25) is 0 Å². The van der Waals surface area contributed by atoms with Crippen LogP contribution in [0.25, 0.3) is 10.9 Å². The smallest absolute Gasteiger partial charge is 0.308 e. The lowest BCUT2D eigenvalue weighted by molar-refractivity contribution is -0.146. The van der Waals surface area contributed by atoms with Gasteiger partial charge in [-0.2, -0.15) is 0 Å². The van der Waals surface area contributed by atoms with Crippen molar-refractivity contribution < 1.29 is 19.4 Å². The van der Waals surface area contributed by atoms with Crippen LogP contribution in [-0.2, 0) is 4.79 Å². The zero-order valence-corrected chi connectivity index (χ0v) is 15.9. The summed E-state index contributed by atoms with van der Waals surface area (Å²) in [5, 5.41) is 10.3. The molecule has 0 radical (unpaired) electrons. The molecule has 2 atom stereocenters. The Morgan fingerprint density at radius 3 is 2.93 bits per heavy atom. The van der Waals surface area contributed by atoms with Crippen LogP contribution in [0.15, 0.2) is 30.5 Å². The number of fused-ring (bicyclic) bond motifs is 1. The topological polar surface area (TPSA) is 79.7 Å². The molecule has 0 aliphatic carbocycles. The van der Waals surface area contributed by atoms with E-state index in [0.29, 0.717) is 37.2 Å². The molecule has 0 spiro atoms. The van der Waals surface area contributed by atoms with Gasteiger partial charge in [-0.1, -0.05) is 5.92 Å². The number of carbonyl (C=O) groups excluding carboxylic acids is 1. The molecule has 0 unspecified atom stereocenters. The second-order valence-corrected chi connectivity index (χ2v) is 7.14. The van der Waals surface area contributed by atoms with E-state index >= 15 is 0 Å². The van der Waals surface area contributed by atoms with Crippen LogP contribution in [0.2, 0.25) is 0 Å². The number of rotatable bonds is 7. The molecule has 1 aliphatic heterocycles. The molecule has 1 aromatic carbocycles. The number of carbonyl (C=O) groups is 2. The Balaban J connectivity index is 1.72. The lowest BCUT2D eigenvalue weighted by Gasteiger charge is -2.35. The van der Waals surface area contributed by atoms with Gasteiger partial charge in [0.05, 0.1) is 25.1 Å². The van der Waals surface area contributed by atoms with Crippen molar-refractivity contribution in [2.45, 2.75) is 19.3 Å². The van der Waals surface area contributed by atoms with Gasteiger partial charge < -0.3 is 9.84 Å². The summed E-state index contributed by atoms with van der Waals surface area (Å²) in [6, 6.07) is 7.17. The zero-order valence-electron chi connectivity index (χ0n) is 15.9. The number of carboxylic acids is 1. The summed E-state index contributed by atoms with van der Waals surface area (Å²) in [4.78, 5) is 30.9. The fourth-order valence-corrected chi connectivity index (χ4v) is 3.91. The molecule has 1 aliphatic rings. The Kier molecular flexibility index (Phi) is 6.27. The molecule has 1 fully saturated rings. The predicted molar refractivity (Wildman–Crippen MR) is 106 cm³/mol. The minimum atomic E-state index is -0.821. The highest BCUT2D eigenvalue weighted by atomic mass is 16.5. The minimum Gasteiger partial charge on any atom is -0.497 e. The number of hydrogen-bond donors (Lipinski definition) is 1. The Morgan fingerprint density at radius 2 is 2.21 bits per heavy atom. The second-order valence-electron chi connectivity index (χ2n) is 7.14. The van der Waals surface area contributed by atoms with Gasteiger partial charge in [-0.05, 0) is 49.6 Å². The summed E-state index contributed by atoms with van der Waals surface area (Å²) in [6.07, 6.45) is 8.56. The van der Waals surface area contributed by atoms with Crippen molar-refractivity contribution in [3.63, 3.8) is 0 Å². The normalized spacial score (nSPS) is 19.9. The average Bonchev–Trinajstić information content (AvgIpc) is 2.71. The molecule has 0 saturated carbocycles. The molecule has 6 nitrogen and oxygen atoms in total. The standard InChI is InChI=1S/C22H24N2O4/c1-3-11-24-12-9-15(19(14-24)22(26)27)4-7-21(25)17-8-10-23-20-6-5-16(28-2)13-18(17)20/h1,5-6,8,10,13,15,19H,4,7,9,11-12,14H2,2H3,(H,26,27)/t15-,19+/m1/s1. The fraction of sp³-hybridized carbons (Fsp3) is 0.409. The highest BCUT2D eigenvalue weighted by Gasteiger charge is 2.34. The van der Waals surface area contributed by atoms with Crippen molar-refractivity contribution in [2.75, 3.05) is 26.7 Å². The van der Waals surface area contributed by atoms with Crippen molar-refractivity contribution in [3.8, 4) is 18.1 Å². The summed E-state index contributed by atoms with van der Waals surface area (Å²) in [7, 11) is 1.58. The molecule has 28 heavy (non-hydrogen) atoms. The number of ether oxygens (including phenoxy) is 1. The number of ketones is 1. The van der Waals surface area contributed by atoms with Gasteiger partial charge in [0.1, 0.15) is 5.75 Å². The van der Waals surface area contributed by atoms with Crippen molar-refractivity contribution >= 4 is 22.7 Å². The first kappa shape index (κ1) is 19.8. The number of benzene rings is 1. The third kappa shape index (κ3) is 4.32. The van der Waals surface area contributed by atoms with Crippen molar-refractivity contribution in [1.82, 2.24) is 9.88 Å². The van der Waals surface area contributed by atoms with Gasteiger partial charge in [0, 0.05) is 30.1 Å². The number of aliphatic carboxylic acids is 1. The molecule has 2 aromatic rings. The van der Waals surface area contributed by atoms with Crippen molar-refractivity contribution in [2.24, 2.45) is 11.8 Å². The molecule has 2 heterocycles. The van der Waals surface area contributed by atoms with Crippen LogP contribution in [0.1, 0.15) is 29.6 Å². The third-order valence-electron chi connectivity index (χ3n) is 5.46. The molecular formula is C22H24N2O4. The zero-order chi connectivity index (χ0) is 20.1. The van der Waals surface area contributed by atoms with Gasteiger partial charge in [-0.15, -0.1) is 6.42 Å². The molecule has 0 amide bonds. The first-order valence-electron chi connectivity index (χ1n) is 9.38. The van der Waals surface area contributed by atoms with Crippen LogP contribution in [0.3, 0.4) is 0 Å². The summed E-state index contributed by atoms with van der Waals surface area (Å²) in [5.74, 6) is 1.89. The van der Waals surface area contributed by atoms with Crippen LogP contribution in [0.5, 0.6) is 5.75 Å². The van der Waals surface area contributed by atoms with Crippen LogP contribution in [0, 0.1) is 24.2 Å². The lowest BCUT2D eigenvalue weighted by Crippen LogP contribution is -2.44. The lowest BCUT2D eigenvalue weighted by atomic mass is 9.81. The van der Waals surface area contributed by atoms with E-state index in [1.165, 1.54) is 0 Å². The quantitative estimate of drug-likeness (QED) is 0.588. The number of likely N-dealkylation sites (tertiary alicyclic amines) is 1. The number of terminal acetylenes is 1. The monoisotopic (exact) mass is 380 g/mol. The number of nitrogens with zero attached hydrogens (tertiary/aromatic N) is 2. The molecule has 1 N–H and O–H groups in total. The van der Waals surface area contributed by atoms with Crippen molar-refractivity contribution in [1.29, 1.82) is 0 Å². The first-order valence-corrected chi connectivity index (χ1v) is 9.38. The van der Waals surface area contributed by atoms with Gasteiger partial charge >= 0.3 is 5.97 Å². The summed E-state index contributed by atoms with van der Waals surface area (Å²) < 4.78 is 5.26. The van der Waals surface area contributed by atoms with E-state index < -0.39 is 11.9 Å². The van der Waals surface area contributed by atoms with Gasteiger partial charge in [0.15, 0.2) is 5.78 Å². The maximum absolute atomic E-state index is 12.9. The average molecular weight is 380 g/mol. The number of aromatic nitrogens is 1. The summed E-state index contributed by atoms with van der Waals surface area (Å²) in [5.41, 5.74) is 1.33.